The Bertz CT molecular complexity index is 1770. The summed E-state index contributed by atoms with van der Waals surface area (Å²) < 4.78 is 0. The van der Waals surface area contributed by atoms with Gasteiger partial charge in [0.25, 0.3) is 0 Å². The van der Waals surface area contributed by atoms with Gasteiger partial charge in [-0.2, -0.15) is 5.10 Å². The molecule has 4 aromatic heterocycles. The molecule has 4 heterocycles. The van der Waals surface area contributed by atoms with Crippen molar-refractivity contribution in [2.24, 2.45) is 5.92 Å². The summed E-state index contributed by atoms with van der Waals surface area (Å²) in [5.41, 5.74) is 10.5. The van der Waals surface area contributed by atoms with Crippen molar-refractivity contribution in [1.82, 2.24) is 25.1 Å². The van der Waals surface area contributed by atoms with E-state index in [9.17, 15) is 0 Å². The first kappa shape index (κ1) is 22.5. The molecule has 6 aromatic rings. The van der Waals surface area contributed by atoms with Gasteiger partial charge in [-0.25, -0.2) is 0 Å². The van der Waals surface area contributed by atoms with Crippen LogP contribution in [0, 0.1) is 5.92 Å². The number of nitrogens with zero attached hydrogens (tertiary/aromatic N) is 3. The highest BCUT2D eigenvalue weighted by Gasteiger charge is 2.18. The highest BCUT2D eigenvalue weighted by Crippen LogP contribution is 2.36. The maximum atomic E-state index is 4.69. The number of aromatic amines is 2. The normalized spacial score (nSPS) is 13.9. The fourth-order valence-electron chi connectivity index (χ4n) is 5.69. The molecule has 2 aromatic carbocycles. The summed E-state index contributed by atoms with van der Waals surface area (Å²) in [6.07, 6.45) is 12.5. The molecule has 0 unspecified atom stereocenters. The van der Waals surface area contributed by atoms with Crippen molar-refractivity contribution in [3.05, 3.63) is 97.7 Å². The van der Waals surface area contributed by atoms with Crippen molar-refractivity contribution in [3.63, 3.8) is 0 Å². The molecule has 1 saturated carbocycles. The zero-order valence-electron chi connectivity index (χ0n) is 21.0. The number of allylic oxidation sites excluding steroid dienone is 1. The third-order valence-corrected chi connectivity index (χ3v) is 7.70. The lowest BCUT2D eigenvalue weighted by Gasteiger charge is -2.16. The molecule has 0 aliphatic heterocycles. The molecule has 1 aliphatic carbocycles. The fourth-order valence-corrected chi connectivity index (χ4v) is 5.69. The minimum absolute atomic E-state index is 0.555. The molecule has 38 heavy (non-hydrogen) atoms. The summed E-state index contributed by atoms with van der Waals surface area (Å²) >= 11 is 0. The standard InChI is InChI=1S/C32H28N6/c1-20(21-5-2-3-6-21)35-25-15-24(18-34-19-25)23-9-10-30-28(16-23)32(38-37-30)31-17-27-26(7-4-8-29(27)36-31)22-11-13-33-14-12-22/h4,7-19,21,35-36H,1-3,5-6H2,(H,37,38). The number of anilines is 1. The molecule has 1 fully saturated rings. The summed E-state index contributed by atoms with van der Waals surface area (Å²) in [6, 6.07) is 21.1. The quantitative estimate of drug-likeness (QED) is 0.218. The van der Waals surface area contributed by atoms with Crippen molar-refractivity contribution < 1.29 is 0 Å². The molecule has 186 valence electrons. The molecule has 0 bridgehead atoms. The van der Waals surface area contributed by atoms with Crippen molar-refractivity contribution in [1.29, 1.82) is 0 Å². The highest BCUT2D eigenvalue weighted by atomic mass is 15.1. The molecular weight excluding hydrogens is 468 g/mol. The van der Waals surface area contributed by atoms with E-state index in [2.05, 4.69) is 80.5 Å². The topological polar surface area (TPSA) is 82.3 Å². The lowest BCUT2D eigenvalue weighted by atomic mass is 10.0. The van der Waals surface area contributed by atoms with Crippen LogP contribution >= 0.6 is 0 Å². The number of pyridine rings is 2. The summed E-state index contributed by atoms with van der Waals surface area (Å²) in [6.45, 7) is 4.30. The summed E-state index contributed by atoms with van der Waals surface area (Å²) in [5.74, 6) is 0.555. The Morgan fingerprint density at radius 3 is 2.55 bits per heavy atom. The van der Waals surface area contributed by atoms with E-state index in [1.807, 2.05) is 36.9 Å². The molecule has 1 aliphatic rings. The fraction of sp³-hybridized carbons (Fsp3) is 0.156. The molecule has 7 rings (SSSR count). The Labute approximate surface area is 220 Å². The molecular formula is C32H28N6. The number of hydrogen-bond donors (Lipinski definition) is 3. The van der Waals surface area contributed by atoms with Crippen LogP contribution in [0.5, 0.6) is 0 Å². The van der Waals surface area contributed by atoms with E-state index >= 15 is 0 Å². The van der Waals surface area contributed by atoms with Crippen LogP contribution in [-0.4, -0.2) is 25.1 Å². The second-order valence-corrected chi connectivity index (χ2v) is 10.1. The maximum Gasteiger partial charge on any atom is 0.116 e. The van der Waals surface area contributed by atoms with Gasteiger partial charge in [-0.05, 0) is 77.9 Å². The van der Waals surface area contributed by atoms with Crippen molar-refractivity contribution >= 4 is 27.5 Å². The predicted octanol–water partition coefficient (Wildman–Crippen LogP) is 7.95. The Balaban J connectivity index is 1.25. The maximum absolute atomic E-state index is 4.69. The number of benzene rings is 2. The number of rotatable bonds is 6. The molecule has 6 heteroatoms. The van der Waals surface area contributed by atoms with Crippen LogP contribution in [0.25, 0.3) is 55.4 Å². The average molecular weight is 497 g/mol. The predicted molar refractivity (Wildman–Crippen MR) is 155 cm³/mol. The van der Waals surface area contributed by atoms with E-state index in [-0.39, 0.29) is 0 Å². The second-order valence-electron chi connectivity index (χ2n) is 10.1. The molecule has 0 saturated heterocycles. The molecule has 3 N–H and O–H groups in total. The first-order valence-corrected chi connectivity index (χ1v) is 13.1. The van der Waals surface area contributed by atoms with Crippen LogP contribution < -0.4 is 5.32 Å². The monoisotopic (exact) mass is 496 g/mol. The summed E-state index contributed by atoms with van der Waals surface area (Å²) in [5, 5.41) is 13.6. The van der Waals surface area contributed by atoms with Gasteiger partial charge in [0.05, 0.1) is 23.1 Å². The Kier molecular flexibility index (Phi) is 5.51. The summed E-state index contributed by atoms with van der Waals surface area (Å²) in [7, 11) is 0. The third kappa shape index (κ3) is 4.04. The zero-order valence-corrected chi connectivity index (χ0v) is 21.0. The Morgan fingerprint density at radius 1 is 0.816 bits per heavy atom. The van der Waals surface area contributed by atoms with E-state index in [0.717, 1.165) is 61.3 Å². The molecule has 6 nitrogen and oxygen atoms in total. The largest absolute Gasteiger partial charge is 0.358 e. The van der Waals surface area contributed by atoms with Gasteiger partial charge in [0.2, 0.25) is 0 Å². The van der Waals surface area contributed by atoms with Crippen LogP contribution in [0.1, 0.15) is 25.7 Å². The van der Waals surface area contributed by atoms with Crippen LogP contribution in [0.4, 0.5) is 5.69 Å². The second kappa shape index (κ2) is 9.30. The van der Waals surface area contributed by atoms with Crippen molar-refractivity contribution in [3.8, 4) is 33.6 Å². The molecule has 0 amide bonds. The van der Waals surface area contributed by atoms with Crippen molar-refractivity contribution in [2.45, 2.75) is 25.7 Å². The highest BCUT2D eigenvalue weighted by molar-refractivity contribution is 6.01. The van der Waals surface area contributed by atoms with Gasteiger partial charge in [-0.3, -0.25) is 15.1 Å². The SMILES string of the molecule is C=C(Nc1cncc(-c2ccc3[nH]nc(-c4cc5c(-c6ccncc6)cccc5[nH]4)c3c2)c1)C1CCCC1. The molecule has 0 atom stereocenters. The molecule has 0 radical (unpaired) electrons. The van der Waals surface area contributed by atoms with Gasteiger partial charge >= 0.3 is 0 Å². The average Bonchev–Trinajstić information content (AvgIpc) is 3.73. The minimum Gasteiger partial charge on any atom is -0.358 e. The number of fused-ring (bicyclic) bond motifs is 2. The lowest BCUT2D eigenvalue weighted by Crippen LogP contribution is -2.07. The van der Waals surface area contributed by atoms with Crippen molar-refractivity contribution in [2.75, 3.05) is 5.32 Å². The van der Waals surface area contributed by atoms with E-state index < -0.39 is 0 Å². The smallest absolute Gasteiger partial charge is 0.116 e. The van der Waals surface area contributed by atoms with Crippen LogP contribution in [0.3, 0.4) is 0 Å². The van der Waals surface area contributed by atoms with Gasteiger partial charge in [0, 0.05) is 46.1 Å². The number of aromatic nitrogens is 5. The van der Waals surface area contributed by atoms with Crippen LogP contribution in [0.2, 0.25) is 0 Å². The lowest BCUT2D eigenvalue weighted by molar-refractivity contribution is 0.649. The Morgan fingerprint density at radius 2 is 1.68 bits per heavy atom. The first-order valence-electron chi connectivity index (χ1n) is 13.1. The Hall–Kier alpha value is -4.71. The van der Waals surface area contributed by atoms with Crippen LogP contribution in [0.15, 0.2) is 97.7 Å². The van der Waals surface area contributed by atoms with Gasteiger partial charge in [0.1, 0.15) is 5.69 Å². The number of hydrogen-bond acceptors (Lipinski definition) is 4. The minimum atomic E-state index is 0.555. The van der Waals surface area contributed by atoms with E-state index in [1.54, 1.807) is 0 Å². The summed E-state index contributed by atoms with van der Waals surface area (Å²) in [4.78, 5) is 12.3. The van der Waals surface area contributed by atoms with Gasteiger partial charge in [-0.15, -0.1) is 0 Å². The third-order valence-electron chi connectivity index (χ3n) is 7.70. The number of H-pyrrole nitrogens is 2. The number of nitrogens with one attached hydrogen (secondary N) is 3. The van der Waals surface area contributed by atoms with Gasteiger partial charge in [-0.1, -0.05) is 37.6 Å². The van der Waals surface area contributed by atoms with E-state index in [1.165, 1.54) is 31.2 Å². The van der Waals surface area contributed by atoms with Crippen LogP contribution in [-0.2, 0) is 0 Å². The van der Waals surface area contributed by atoms with Gasteiger partial charge in [0.15, 0.2) is 0 Å². The zero-order chi connectivity index (χ0) is 25.5. The first-order chi connectivity index (χ1) is 18.7. The van der Waals surface area contributed by atoms with Gasteiger partial charge < -0.3 is 10.3 Å². The molecule has 0 spiro atoms. The van der Waals surface area contributed by atoms with E-state index in [4.69, 9.17) is 5.10 Å². The van der Waals surface area contributed by atoms with E-state index in [0.29, 0.717) is 5.92 Å².